The molecule has 0 aliphatic carbocycles. The molecule has 0 radical (unpaired) electrons. The van der Waals surface area contributed by atoms with E-state index in [4.69, 9.17) is 4.98 Å². The summed E-state index contributed by atoms with van der Waals surface area (Å²) in [6.45, 7) is 2.55. The van der Waals surface area contributed by atoms with Crippen LogP contribution in [0.1, 0.15) is 16.8 Å². The number of thiophene rings is 1. The number of rotatable bonds is 3. The monoisotopic (exact) mass is 323 g/mol. The zero-order valence-electron chi connectivity index (χ0n) is 12.7. The van der Waals surface area contributed by atoms with Gasteiger partial charge in [0.25, 0.3) is 5.56 Å². The van der Waals surface area contributed by atoms with Gasteiger partial charge in [0.1, 0.15) is 5.82 Å². The number of hydrogen-bond acceptors (Lipinski definition) is 4. The van der Waals surface area contributed by atoms with E-state index in [1.807, 2.05) is 30.3 Å². The third-order valence-corrected chi connectivity index (χ3v) is 4.92. The Morgan fingerprint density at radius 3 is 2.87 bits per heavy atom. The lowest BCUT2D eigenvalue weighted by molar-refractivity contribution is 0.241. The van der Waals surface area contributed by atoms with E-state index >= 15 is 0 Å². The molecule has 0 atom stereocenters. The summed E-state index contributed by atoms with van der Waals surface area (Å²) in [5.41, 5.74) is 4.03. The topological polar surface area (TPSA) is 49.0 Å². The summed E-state index contributed by atoms with van der Waals surface area (Å²) in [6.07, 6.45) is 0.761. The highest BCUT2D eigenvalue weighted by atomic mass is 32.1. The maximum atomic E-state index is 12.4. The highest BCUT2D eigenvalue weighted by Gasteiger charge is 2.21. The maximum absolute atomic E-state index is 12.4. The molecular weight excluding hydrogens is 306 g/mol. The molecule has 1 aromatic carbocycles. The summed E-state index contributed by atoms with van der Waals surface area (Å²) >= 11 is 1.72. The highest BCUT2D eigenvalue weighted by Crippen LogP contribution is 2.20. The van der Waals surface area contributed by atoms with Crippen LogP contribution in [0.25, 0.3) is 11.4 Å². The summed E-state index contributed by atoms with van der Waals surface area (Å²) in [6, 6.07) is 12.0. The van der Waals surface area contributed by atoms with Crippen LogP contribution in [0.3, 0.4) is 0 Å². The second kappa shape index (κ2) is 6.10. The number of benzene rings is 1. The molecule has 0 unspecified atom stereocenters. The van der Waals surface area contributed by atoms with Crippen molar-refractivity contribution in [2.24, 2.45) is 0 Å². The van der Waals surface area contributed by atoms with Crippen LogP contribution in [-0.2, 0) is 19.5 Å². The smallest absolute Gasteiger partial charge is 0.254 e. The Bertz CT molecular complexity index is 856. The van der Waals surface area contributed by atoms with E-state index in [0.29, 0.717) is 5.82 Å². The van der Waals surface area contributed by atoms with Crippen molar-refractivity contribution in [3.8, 4) is 11.4 Å². The van der Waals surface area contributed by atoms with Gasteiger partial charge < -0.3 is 4.98 Å². The number of fused-ring (bicyclic) bond motifs is 1. The number of nitrogens with one attached hydrogen (secondary N) is 1. The van der Waals surface area contributed by atoms with Crippen molar-refractivity contribution in [1.29, 1.82) is 0 Å². The van der Waals surface area contributed by atoms with Crippen LogP contribution in [0, 0.1) is 0 Å². The minimum atomic E-state index is 0.00374. The van der Waals surface area contributed by atoms with Gasteiger partial charge >= 0.3 is 0 Å². The zero-order chi connectivity index (χ0) is 15.6. The Morgan fingerprint density at radius 2 is 2.09 bits per heavy atom. The molecular formula is C18H17N3OS. The molecule has 3 aromatic rings. The molecule has 2 aromatic heterocycles. The fourth-order valence-corrected chi connectivity index (χ4v) is 3.66. The molecule has 3 heterocycles. The summed E-state index contributed by atoms with van der Waals surface area (Å²) in [7, 11) is 0. The molecule has 5 heteroatoms. The molecule has 4 nitrogen and oxygen atoms in total. The molecule has 0 fully saturated rings. The van der Waals surface area contributed by atoms with Crippen molar-refractivity contribution in [2.75, 3.05) is 6.54 Å². The Labute approximate surface area is 138 Å². The van der Waals surface area contributed by atoms with E-state index in [0.717, 1.165) is 42.9 Å². The van der Waals surface area contributed by atoms with Crippen molar-refractivity contribution in [2.45, 2.75) is 19.5 Å². The van der Waals surface area contributed by atoms with Gasteiger partial charge in [-0.1, -0.05) is 30.3 Å². The van der Waals surface area contributed by atoms with Crippen LogP contribution in [0.2, 0.25) is 0 Å². The first kappa shape index (κ1) is 14.4. The molecule has 0 saturated heterocycles. The zero-order valence-corrected chi connectivity index (χ0v) is 13.5. The minimum absolute atomic E-state index is 0.00374. The van der Waals surface area contributed by atoms with Crippen LogP contribution < -0.4 is 5.56 Å². The molecule has 23 heavy (non-hydrogen) atoms. The third-order valence-electron chi connectivity index (χ3n) is 4.19. The normalized spacial score (nSPS) is 14.6. The lowest BCUT2D eigenvalue weighted by Gasteiger charge is -2.27. The van der Waals surface area contributed by atoms with Gasteiger partial charge in [0.15, 0.2) is 0 Å². The van der Waals surface area contributed by atoms with Crippen molar-refractivity contribution in [1.82, 2.24) is 14.9 Å². The van der Waals surface area contributed by atoms with E-state index in [1.54, 1.807) is 11.3 Å². The van der Waals surface area contributed by atoms with Gasteiger partial charge in [-0.15, -0.1) is 0 Å². The van der Waals surface area contributed by atoms with Crippen molar-refractivity contribution < 1.29 is 0 Å². The van der Waals surface area contributed by atoms with Crippen LogP contribution in [-0.4, -0.2) is 21.4 Å². The van der Waals surface area contributed by atoms with E-state index < -0.39 is 0 Å². The van der Waals surface area contributed by atoms with Crippen LogP contribution >= 0.6 is 11.3 Å². The van der Waals surface area contributed by atoms with Gasteiger partial charge in [-0.3, -0.25) is 9.69 Å². The summed E-state index contributed by atoms with van der Waals surface area (Å²) in [4.78, 5) is 22.4. The van der Waals surface area contributed by atoms with E-state index in [2.05, 4.69) is 26.7 Å². The quantitative estimate of drug-likeness (QED) is 0.806. The van der Waals surface area contributed by atoms with Gasteiger partial charge in [-0.2, -0.15) is 11.3 Å². The van der Waals surface area contributed by atoms with Gasteiger partial charge in [-0.25, -0.2) is 4.98 Å². The predicted molar refractivity (Wildman–Crippen MR) is 92.4 cm³/mol. The van der Waals surface area contributed by atoms with Crippen LogP contribution in [0.15, 0.2) is 52.0 Å². The third kappa shape index (κ3) is 2.98. The molecule has 116 valence electrons. The molecule has 4 rings (SSSR count). The largest absolute Gasteiger partial charge is 0.306 e. The number of aromatic amines is 1. The second-order valence-electron chi connectivity index (χ2n) is 5.80. The molecule has 1 N–H and O–H groups in total. The van der Waals surface area contributed by atoms with Gasteiger partial charge in [0, 0.05) is 30.8 Å². The first-order chi connectivity index (χ1) is 11.3. The average Bonchev–Trinajstić information content (AvgIpc) is 3.08. The first-order valence-corrected chi connectivity index (χ1v) is 8.65. The summed E-state index contributed by atoms with van der Waals surface area (Å²) < 4.78 is 0. The fraction of sp³-hybridized carbons (Fsp3) is 0.222. The molecule has 0 saturated carbocycles. The maximum Gasteiger partial charge on any atom is 0.254 e. The predicted octanol–water partition coefficient (Wildman–Crippen LogP) is 3.06. The minimum Gasteiger partial charge on any atom is -0.306 e. The van der Waals surface area contributed by atoms with Crippen molar-refractivity contribution in [3.63, 3.8) is 0 Å². The first-order valence-electron chi connectivity index (χ1n) is 7.70. The fourth-order valence-electron chi connectivity index (χ4n) is 3.00. The molecule has 0 bridgehead atoms. The Kier molecular flexibility index (Phi) is 3.81. The molecule has 0 amide bonds. The Hall–Kier alpha value is -2.24. The van der Waals surface area contributed by atoms with Gasteiger partial charge in [0.05, 0.1) is 5.69 Å². The van der Waals surface area contributed by atoms with Crippen molar-refractivity contribution >= 4 is 11.3 Å². The van der Waals surface area contributed by atoms with Gasteiger partial charge in [-0.05, 0) is 28.8 Å². The molecule has 0 spiro atoms. The second-order valence-corrected chi connectivity index (χ2v) is 6.58. The summed E-state index contributed by atoms with van der Waals surface area (Å²) in [5, 5.41) is 4.28. The lowest BCUT2D eigenvalue weighted by Crippen LogP contribution is -2.34. The Morgan fingerprint density at radius 1 is 1.22 bits per heavy atom. The van der Waals surface area contributed by atoms with E-state index in [-0.39, 0.29) is 5.56 Å². The molecule has 1 aliphatic heterocycles. The van der Waals surface area contributed by atoms with E-state index in [9.17, 15) is 4.79 Å². The van der Waals surface area contributed by atoms with Gasteiger partial charge in [0.2, 0.25) is 0 Å². The number of hydrogen-bond donors (Lipinski definition) is 1. The summed E-state index contributed by atoms with van der Waals surface area (Å²) in [5.74, 6) is 0.659. The highest BCUT2D eigenvalue weighted by molar-refractivity contribution is 7.07. The average molecular weight is 323 g/mol. The lowest BCUT2D eigenvalue weighted by atomic mass is 10.1. The Balaban J connectivity index is 1.64. The number of aromatic nitrogens is 2. The van der Waals surface area contributed by atoms with Crippen LogP contribution in [0.5, 0.6) is 0 Å². The number of H-pyrrole nitrogens is 1. The number of nitrogens with zero attached hydrogens (tertiary/aromatic N) is 2. The molecule has 1 aliphatic rings. The van der Waals surface area contributed by atoms with Crippen molar-refractivity contribution in [3.05, 3.63) is 74.3 Å². The SMILES string of the molecule is O=c1[nH]c(-c2ccccc2)nc2c1CCN(Cc1ccsc1)C2. The van der Waals surface area contributed by atoms with E-state index in [1.165, 1.54) is 5.56 Å². The standard InChI is InChI=1S/C18H17N3OS/c22-18-15-6-8-21(10-13-7-9-23-12-13)11-16(15)19-17(20-18)14-4-2-1-3-5-14/h1-5,7,9,12H,6,8,10-11H2,(H,19,20,22). The van der Waals surface area contributed by atoms with Crippen LogP contribution in [0.4, 0.5) is 0 Å².